The maximum atomic E-state index is 12.3. The largest absolute Gasteiger partial charge is 0.481 e. The van der Waals surface area contributed by atoms with Gasteiger partial charge in [0.25, 0.3) is 0 Å². The number of carboxylic acids is 1. The van der Waals surface area contributed by atoms with Crippen LogP contribution in [-0.2, 0) is 19.1 Å². The first-order valence-electron chi connectivity index (χ1n) is 7.13. The lowest BCUT2D eigenvalue weighted by Gasteiger charge is -2.36. The van der Waals surface area contributed by atoms with E-state index >= 15 is 0 Å². The minimum absolute atomic E-state index is 0.0232. The number of methoxy groups -OCH3 is 1. The zero-order valence-electron chi connectivity index (χ0n) is 14.2. The van der Waals surface area contributed by atoms with E-state index < -0.39 is 29.4 Å². The van der Waals surface area contributed by atoms with Crippen LogP contribution in [0.1, 0.15) is 27.7 Å². The molecule has 124 valence electrons. The molecule has 0 heterocycles. The number of likely N-dealkylation sites (N-methyl/N-ethyl adjacent to an activating group) is 1. The first kappa shape index (κ1) is 19.9. The second kappa shape index (κ2) is 8.34. The van der Waals surface area contributed by atoms with E-state index in [1.165, 1.54) is 7.11 Å². The molecule has 6 nitrogen and oxygen atoms in total. The molecule has 0 amide bonds. The van der Waals surface area contributed by atoms with Crippen molar-refractivity contribution < 1.29 is 24.2 Å². The Morgan fingerprint density at radius 3 is 2.10 bits per heavy atom. The van der Waals surface area contributed by atoms with Crippen molar-refractivity contribution in [1.82, 2.24) is 4.90 Å². The van der Waals surface area contributed by atoms with Gasteiger partial charge in [0, 0.05) is 13.7 Å². The van der Waals surface area contributed by atoms with Gasteiger partial charge in [-0.3, -0.25) is 9.59 Å². The summed E-state index contributed by atoms with van der Waals surface area (Å²) in [4.78, 5) is 25.8. The van der Waals surface area contributed by atoms with Crippen LogP contribution in [0.2, 0.25) is 0 Å². The van der Waals surface area contributed by atoms with Crippen LogP contribution < -0.4 is 0 Å². The van der Waals surface area contributed by atoms with Gasteiger partial charge in [0.2, 0.25) is 0 Å². The first-order chi connectivity index (χ1) is 9.55. The lowest BCUT2D eigenvalue weighted by molar-refractivity contribution is -0.173. The van der Waals surface area contributed by atoms with Gasteiger partial charge in [-0.15, -0.1) is 0 Å². The molecule has 21 heavy (non-hydrogen) atoms. The molecule has 0 aliphatic carbocycles. The van der Waals surface area contributed by atoms with Crippen molar-refractivity contribution in [1.29, 1.82) is 0 Å². The standard InChI is InChI=1S/C15H29NO5/c1-10(2)12(20-7)11(13(17)18)15(3,4)14(19)21-9-8-16(5)6/h10-12H,8-9H2,1-7H3,(H,17,18). The molecule has 0 spiro atoms. The minimum Gasteiger partial charge on any atom is -0.481 e. The number of carboxylic acid groups (broad SMARTS) is 1. The van der Waals surface area contributed by atoms with Crippen LogP contribution in [0.3, 0.4) is 0 Å². The molecule has 0 radical (unpaired) electrons. The van der Waals surface area contributed by atoms with Gasteiger partial charge in [-0.25, -0.2) is 0 Å². The SMILES string of the molecule is COC(C(C)C)C(C(=O)O)C(C)(C)C(=O)OCCN(C)C. The van der Waals surface area contributed by atoms with Gasteiger partial charge < -0.3 is 19.5 Å². The number of rotatable bonds is 9. The summed E-state index contributed by atoms with van der Waals surface area (Å²) in [5.74, 6) is -2.55. The Bertz CT molecular complexity index is 352. The van der Waals surface area contributed by atoms with Crippen LogP contribution in [-0.4, -0.2) is 62.4 Å². The summed E-state index contributed by atoms with van der Waals surface area (Å²) in [6, 6.07) is 0. The molecule has 0 aromatic heterocycles. The lowest BCUT2D eigenvalue weighted by Crippen LogP contribution is -2.48. The van der Waals surface area contributed by atoms with E-state index in [-0.39, 0.29) is 12.5 Å². The van der Waals surface area contributed by atoms with Crippen LogP contribution in [0.4, 0.5) is 0 Å². The number of ether oxygens (including phenoxy) is 2. The maximum absolute atomic E-state index is 12.3. The highest BCUT2D eigenvalue weighted by molar-refractivity contribution is 5.84. The summed E-state index contributed by atoms with van der Waals surface area (Å²) >= 11 is 0. The molecule has 2 unspecified atom stereocenters. The molecule has 0 saturated heterocycles. The average molecular weight is 303 g/mol. The number of esters is 1. The third-order valence-electron chi connectivity index (χ3n) is 3.60. The van der Waals surface area contributed by atoms with Crippen molar-refractivity contribution >= 4 is 11.9 Å². The summed E-state index contributed by atoms with van der Waals surface area (Å²) in [5.41, 5.74) is -1.16. The maximum Gasteiger partial charge on any atom is 0.312 e. The number of carbonyl (C=O) groups is 2. The predicted octanol–water partition coefficient (Wildman–Crippen LogP) is 1.49. The highest BCUT2D eigenvalue weighted by atomic mass is 16.5. The second-order valence-electron chi connectivity index (χ2n) is 6.42. The van der Waals surface area contributed by atoms with E-state index in [1.807, 2.05) is 32.8 Å². The molecule has 0 bridgehead atoms. The fraction of sp³-hybridized carbons (Fsp3) is 0.867. The monoisotopic (exact) mass is 303 g/mol. The molecular weight excluding hydrogens is 274 g/mol. The first-order valence-corrected chi connectivity index (χ1v) is 7.13. The van der Waals surface area contributed by atoms with Gasteiger partial charge in [0.1, 0.15) is 6.61 Å². The summed E-state index contributed by atoms with van der Waals surface area (Å²) in [7, 11) is 5.21. The Hall–Kier alpha value is -1.14. The van der Waals surface area contributed by atoms with Crippen LogP contribution in [0.15, 0.2) is 0 Å². The van der Waals surface area contributed by atoms with E-state index in [0.29, 0.717) is 6.54 Å². The van der Waals surface area contributed by atoms with Crippen molar-refractivity contribution in [3.05, 3.63) is 0 Å². The van der Waals surface area contributed by atoms with E-state index in [1.54, 1.807) is 13.8 Å². The zero-order valence-corrected chi connectivity index (χ0v) is 14.2. The molecule has 0 saturated carbocycles. The van der Waals surface area contributed by atoms with E-state index in [0.717, 1.165) is 0 Å². The third-order valence-corrected chi connectivity index (χ3v) is 3.60. The quantitative estimate of drug-likeness (QED) is 0.650. The van der Waals surface area contributed by atoms with Gasteiger partial charge in [-0.2, -0.15) is 0 Å². The van der Waals surface area contributed by atoms with E-state index in [2.05, 4.69) is 0 Å². The van der Waals surface area contributed by atoms with Gasteiger partial charge in [-0.1, -0.05) is 13.8 Å². The second-order valence-corrected chi connectivity index (χ2v) is 6.42. The van der Waals surface area contributed by atoms with Gasteiger partial charge in [0.05, 0.1) is 17.4 Å². The average Bonchev–Trinajstić information content (AvgIpc) is 2.33. The predicted molar refractivity (Wildman–Crippen MR) is 80.1 cm³/mol. The molecule has 1 N–H and O–H groups in total. The number of hydrogen-bond donors (Lipinski definition) is 1. The minimum atomic E-state index is -1.16. The van der Waals surface area contributed by atoms with E-state index in [4.69, 9.17) is 9.47 Å². The topological polar surface area (TPSA) is 76.1 Å². The van der Waals surface area contributed by atoms with E-state index in [9.17, 15) is 14.7 Å². The summed E-state index contributed by atoms with van der Waals surface area (Å²) in [6.07, 6.45) is -0.557. The number of nitrogens with zero attached hydrogens (tertiary/aromatic N) is 1. The van der Waals surface area contributed by atoms with Gasteiger partial charge in [0.15, 0.2) is 0 Å². The molecular formula is C15H29NO5. The molecule has 0 aliphatic heterocycles. The van der Waals surface area contributed by atoms with Crippen molar-refractivity contribution in [2.75, 3.05) is 34.4 Å². The Morgan fingerprint density at radius 2 is 1.76 bits per heavy atom. The molecule has 0 fully saturated rings. The fourth-order valence-electron chi connectivity index (χ4n) is 2.29. The number of hydrogen-bond acceptors (Lipinski definition) is 5. The summed E-state index contributed by atoms with van der Waals surface area (Å²) < 4.78 is 10.5. The fourth-order valence-corrected chi connectivity index (χ4v) is 2.29. The van der Waals surface area contributed by atoms with Gasteiger partial charge >= 0.3 is 11.9 Å². The number of carbonyl (C=O) groups excluding carboxylic acids is 1. The molecule has 0 aliphatic rings. The Balaban J connectivity index is 5.10. The summed E-state index contributed by atoms with van der Waals surface area (Å²) in [5, 5.41) is 9.53. The van der Waals surface area contributed by atoms with Crippen LogP contribution >= 0.6 is 0 Å². The number of aliphatic carboxylic acids is 1. The molecule has 2 atom stereocenters. The van der Waals surface area contributed by atoms with Crippen LogP contribution in [0, 0.1) is 17.3 Å². The lowest BCUT2D eigenvalue weighted by atomic mass is 9.73. The molecule has 0 aromatic rings. The van der Waals surface area contributed by atoms with Crippen LogP contribution in [0.5, 0.6) is 0 Å². The van der Waals surface area contributed by atoms with Crippen molar-refractivity contribution in [3.8, 4) is 0 Å². The van der Waals surface area contributed by atoms with Crippen LogP contribution in [0.25, 0.3) is 0 Å². The molecule has 0 rings (SSSR count). The Labute approximate surface area is 127 Å². The molecule has 0 aromatic carbocycles. The van der Waals surface area contributed by atoms with Crippen molar-refractivity contribution in [2.24, 2.45) is 17.3 Å². The highest BCUT2D eigenvalue weighted by Gasteiger charge is 2.48. The smallest absolute Gasteiger partial charge is 0.312 e. The third kappa shape index (κ3) is 5.63. The normalized spacial score (nSPS) is 15.1. The van der Waals surface area contributed by atoms with Gasteiger partial charge in [-0.05, 0) is 33.9 Å². The zero-order chi connectivity index (χ0) is 16.8. The highest BCUT2D eigenvalue weighted by Crippen LogP contribution is 2.35. The summed E-state index contributed by atoms with van der Waals surface area (Å²) in [6.45, 7) is 7.77. The molecule has 6 heteroatoms. The van der Waals surface area contributed by atoms with Crippen molar-refractivity contribution in [3.63, 3.8) is 0 Å². The van der Waals surface area contributed by atoms with Crippen molar-refractivity contribution in [2.45, 2.75) is 33.8 Å². The Kier molecular flexibility index (Phi) is 7.89. The Morgan fingerprint density at radius 1 is 1.24 bits per heavy atom.